The van der Waals surface area contributed by atoms with Crippen molar-refractivity contribution in [2.75, 3.05) is 12.3 Å². The van der Waals surface area contributed by atoms with Gasteiger partial charge in [0, 0.05) is 17.8 Å². The van der Waals surface area contributed by atoms with Crippen LogP contribution in [0, 0.1) is 0 Å². The van der Waals surface area contributed by atoms with Crippen LogP contribution < -0.4 is 5.32 Å². The lowest BCUT2D eigenvalue weighted by Gasteiger charge is -2.31. The van der Waals surface area contributed by atoms with Crippen molar-refractivity contribution < 1.29 is 9.59 Å². The van der Waals surface area contributed by atoms with Gasteiger partial charge in [0.1, 0.15) is 6.04 Å². The van der Waals surface area contributed by atoms with Crippen molar-refractivity contribution in [1.82, 2.24) is 10.2 Å². The first-order chi connectivity index (χ1) is 13.8. The van der Waals surface area contributed by atoms with Crippen molar-refractivity contribution in [2.24, 2.45) is 0 Å². The molecule has 0 saturated heterocycles. The number of thioether (sulfide) groups is 1. The SMILES string of the molecule is CC(C(=O)NC(C)(C)C)N(CCc1ccccc1)C(=O)CSCc1ccccc1. The molecule has 29 heavy (non-hydrogen) atoms. The highest BCUT2D eigenvalue weighted by molar-refractivity contribution is 7.99. The predicted octanol–water partition coefficient (Wildman–Crippen LogP) is 4.29. The van der Waals surface area contributed by atoms with Gasteiger partial charge >= 0.3 is 0 Å². The van der Waals surface area contributed by atoms with Crippen molar-refractivity contribution in [3.63, 3.8) is 0 Å². The van der Waals surface area contributed by atoms with E-state index >= 15 is 0 Å². The maximum atomic E-state index is 13.0. The molecule has 1 unspecified atom stereocenters. The van der Waals surface area contributed by atoms with E-state index in [0.29, 0.717) is 12.3 Å². The second-order valence-electron chi connectivity index (χ2n) is 8.22. The average molecular weight is 413 g/mol. The van der Waals surface area contributed by atoms with Crippen LogP contribution in [-0.4, -0.2) is 40.6 Å². The third-order valence-electron chi connectivity index (χ3n) is 4.49. The van der Waals surface area contributed by atoms with Gasteiger partial charge in [0.25, 0.3) is 0 Å². The number of nitrogens with one attached hydrogen (secondary N) is 1. The number of nitrogens with zero attached hydrogens (tertiary/aromatic N) is 1. The Bertz CT molecular complexity index is 772. The third-order valence-corrected chi connectivity index (χ3v) is 5.48. The molecule has 0 aliphatic rings. The molecule has 2 rings (SSSR count). The molecule has 4 nitrogen and oxygen atoms in total. The summed E-state index contributed by atoms with van der Waals surface area (Å²) in [5, 5.41) is 2.99. The molecule has 1 atom stereocenters. The van der Waals surface area contributed by atoms with Gasteiger partial charge in [-0.15, -0.1) is 11.8 Å². The summed E-state index contributed by atoms with van der Waals surface area (Å²) >= 11 is 1.58. The molecule has 0 heterocycles. The van der Waals surface area contributed by atoms with Crippen molar-refractivity contribution in [2.45, 2.75) is 51.4 Å². The summed E-state index contributed by atoms with van der Waals surface area (Å²) in [6.07, 6.45) is 0.725. The first-order valence-electron chi connectivity index (χ1n) is 10.0. The van der Waals surface area contributed by atoms with E-state index < -0.39 is 6.04 Å². The maximum Gasteiger partial charge on any atom is 0.242 e. The monoisotopic (exact) mass is 412 g/mol. The molecule has 0 aliphatic carbocycles. The van der Waals surface area contributed by atoms with Gasteiger partial charge < -0.3 is 10.2 Å². The number of carbonyl (C=O) groups is 2. The van der Waals surface area contributed by atoms with Crippen molar-refractivity contribution in [3.8, 4) is 0 Å². The molecule has 0 saturated carbocycles. The van der Waals surface area contributed by atoms with Crippen LogP contribution in [-0.2, 0) is 21.8 Å². The van der Waals surface area contributed by atoms with E-state index in [2.05, 4.69) is 17.4 Å². The summed E-state index contributed by atoms with van der Waals surface area (Å²) in [6, 6.07) is 19.7. The molecule has 0 spiro atoms. The highest BCUT2D eigenvalue weighted by atomic mass is 32.2. The lowest BCUT2D eigenvalue weighted by molar-refractivity contribution is -0.138. The minimum atomic E-state index is -0.511. The van der Waals surface area contributed by atoms with Gasteiger partial charge in [0.2, 0.25) is 11.8 Å². The molecular weight excluding hydrogens is 380 g/mol. The van der Waals surface area contributed by atoms with E-state index in [1.54, 1.807) is 16.7 Å². The van der Waals surface area contributed by atoms with Crippen LogP contribution in [0.5, 0.6) is 0 Å². The first kappa shape index (κ1) is 23.0. The van der Waals surface area contributed by atoms with E-state index in [9.17, 15) is 9.59 Å². The van der Waals surface area contributed by atoms with E-state index in [1.165, 1.54) is 5.56 Å². The molecule has 0 aromatic heterocycles. The fourth-order valence-electron chi connectivity index (χ4n) is 2.96. The molecule has 2 aromatic carbocycles. The molecule has 156 valence electrons. The number of hydrogen-bond donors (Lipinski definition) is 1. The zero-order valence-corrected chi connectivity index (χ0v) is 18.7. The quantitative estimate of drug-likeness (QED) is 0.668. The van der Waals surface area contributed by atoms with Gasteiger partial charge in [-0.05, 0) is 45.2 Å². The summed E-state index contributed by atoms with van der Waals surface area (Å²) in [7, 11) is 0. The number of carbonyl (C=O) groups excluding carboxylic acids is 2. The predicted molar refractivity (Wildman–Crippen MR) is 122 cm³/mol. The minimum Gasteiger partial charge on any atom is -0.350 e. The molecule has 1 N–H and O–H groups in total. The van der Waals surface area contributed by atoms with Gasteiger partial charge in [-0.25, -0.2) is 0 Å². The van der Waals surface area contributed by atoms with E-state index in [1.807, 2.05) is 76.2 Å². The molecule has 2 aromatic rings. The standard InChI is InChI=1S/C24H32N2O2S/c1-19(23(28)25-24(2,3)4)26(16-15-20-11-7-5-8-12-20)22(27)18-29-17-21-13-9-6-10-14-21/h5-14,19H,15-18H2,1-4H3,(H,25,28). The van der Waals surface area contributed by atoms with Crippen LogP contribution in [0.1, 0.15) is 38.8 Å². The number of amides is 2. The third kappa shape index (κ3) is 8.32. The van der Waals surface area contributed by atoms with Crippen LogP contribution in [0.25, 0.3) is 0 Å². The summed E-state index contributed by atoms with van der Waals surface area (Å²) in [4.78, 5) is 27.4. The van der Waals surface area contributed by atoms with Crippen LogP contribution >= 0.6 is 11.8 Å². The Morgan fingerprint density at radius 3 is 2.07 bits per heavy atom. The molecule has 5 heteroatoms. The lowest BCUT2D eigenvalue weighted by Crippen LogP contribution is -2.53. The maximum absolute atomic E-state index is 13.0. The Morgan fingerprint density at radius 1 is 0.966 bits per heavy atom. The second-order valence-corrected chi connectivity index (χ2v) is 9.20. The average Bonchev–Trinajstić information content (AvgIpc) is 2.68. The first-order valence-corrected chi connectivity index (χ1v) is 11.2. The summed E-state index contributed by atoms with van der Waals surface area (Å²) in [5.74, 6) is 1.02. The largest absolute Gasteiger partial charge is 0.350 e. The Balaban J connectivity index is 2.01. The van der Waals surface area contributed by atoms with Gasteiger partial charge in [-0.2, -0.15) is 0 Å². The van der Waals surface area contributed by atoms with E-state index in [-0.39, 0.29) is 17.4 Å². The Kier molecular flexibility index (Phi) is 8.77. The van der Waals surface area contributed by atoms with Crippen molar-refractivity contribution in [1.29, 1.82) is 0 Å². The zero-order chi connectivity index (χ0) is 21.3. The zero-order valence-electron chi connectivity index (χ0n) is 17.9. The topological polar surface area (TPSA) is 49.4 Å². The van der Waals surface area contributed by atoms with Gasteiger partial charge in [-0.1, -0.05) is 60.7 Å². The lowest BCUT2D eigenvalue weighted by atomic mass is 10.1. The van der Waals surface area contributed by atoms with Crippen LogP contribution in [0.2, 0.25) is 0 Å². The van der Waals surface area contributed by atoms with Crippen molar-refractivity contribution >= 4 is 23.6 Å². The molecule has 2 amide bonds. The van der Waals surface area contributed by atoms with E-state index in [0.717, 1.165) is 17.7 Å². The fraction of sp³-hybridized carbons (Fsp3) is 0.417. The molecule has 0 bridgehead atoms. The van der Waals surface area contributed by atoms with Crippen molar-refractivity contribution in [3.05, 3.63) is 71.8 Å². The molecule has 0 aliphatic heterocycles. The van der Waals surface area contributed by atoms with Gasteiger partial charge in [0.05, 0.1) is 5.75 Å². The number of rotatable bonds is 9. The molecule has 0 radical (unpaired) electrons. The summed E-state index contributed by atoms with van der Waals surface area (Å²) < 4.78 is 0. The Hall–Kier alpha value is -2.27. The number of hydrogen-bond acceptors (Lipinski definition) is 3. The van der Waals surface area contributed by atoms with Crippen LogP contribution in [0.4, 0.5) is 0 Å². The highest BCUT2D eigenvalue weighted by Crippen LogP contribution is 2.15. The summed E-state index contributed by atoms with van der Waals surface area (Å²) in [6.45, 7) is 8.18. The normalized spacial score (nSPS) is 12.3. The van der Waals surface area contributed by atoms with Gasteiger partial charge in [0.15, 0.2) is 0 Å². The number of benzene rings is 2. The fourth-order valence-corrected chi connectivity index (χ4v) is 3.83. The Morgan fingerprint density at radius 2 is 1.52 bits per heavy atom. The highest BCUT2D eigenvalue weighted by Gasteiger charge is 2.27. The smallest absolute Gasteiger partial charge is 0.242 e. The van der Waals surface area contributed by atoms with Gasteiger partial charge in [-0.3, -0.25) is 9.59 Å². The summed E-state index contributed by atoms with van der Waals surface area (Å²) in [5.41, 5.74) is 2.02. The molecular formula is C24H32N2O2S. The van der Waals surface area contributed by atoms with Crippen LogP contribution in [0.3, 0.4) is 0 Å². The molecule has 0 fully saturated rings. The minimum absolute atomic E-state index is 0.00146. The second kappa shape index (κ2) is 11.1. The Labute approximate surface area is 179 Å². The van der Waals surface area contributed by atoms with Crippen LogP contribution in [0.15, 0.2) is 60.7 Å². The van der Waals surface area contributed by atoms with E-state index in [4.69, 9.17) is 0 Å².